The average molecular weight is 220 g/mol. The van der Waals surface area contributed by atoms with Crippen molar-refractivity contribution in [1.29, 1.82) is 0 Å². The fraction of sp³-hybridized carbons (Fsp3) is 0.462. The van der Waals surface area contributed by atoms with E-state index < -0.39 is 0 Å². The SMILES string of the molecule is CCN(CC)c1ccccc1C(=O)CNC. The molecule has 0 saturated carbocycles. The number of nitrogens with one attached hydrogen (secondary N) is 1. The average Bonchev–Trinajstić information content (AvgIpc) is 2.31. The number of likely N-dealkylation sites (N-methyl/N-ethyl adjacent to an activating group) is 1. The highest BCUT2D eigenvalue weighted by Crippen LogP contribution is 2.20. The van der Waals surface area contributed by atoms with Crippen molar-refractivity contribution in [3.63, 3.8) is 0 Å². The first-order chi connectivity index (χ1) is 7.74. The minimum absolute atomic E-state index is 0.144. The summed E-state index contributed by atoms with van der Waals surface area (Å²) < 4.78 is 0. The molecule has 0 heterocycles. The van der Waals surface area contributed by atoms with Gasteiger partial charge >= 0.3 is 0 Å². The second-order valence-electron chi connectivity index (χ2n) is 3.64. The van der Waals surface area contributed by atoms with E-state index in [0.717, 1.165) is 24.3 Å². The van der Waals surface area contributed by atoms with Gasteiger partial charge in [-0.05, 0) is 33.0 Å². The molecule has 0 fully saturated rings. The van der Waals surface area contributed by atoms with Crippen molar-refractivity contribution >= 4 is 11.5 Å². The van der Waals surface area contributed by atoms with Crippen molar-refractivity contribution in [2.75, 3.05) is 31.6 Å². The molecule has 3 heteroatoms. The first kappa shape index (κ1) is 12.7. The van der Waals surface area contributed by atoms with Crippen molar-refractivity contribution in [3.05, 3.63) is 29.8 Å². The van der Waals surface area contributed by atoms with Crippen LogP contribution in [0.1, 0.15) is 24.2 Å². The van der Waals surface area contributed by atoms with Crippen LogP contribution in [0.15, 0.2) is 24.3 Å². The van der Waals surface area contributed by atoms with Crippen molar-refractivity contribution in [2.24, 2.45) is 0 Å². The summed E-state index contributed by atoms with van der Waals surface area (Å²) >= 11 is 0. The molecule has 0 aromatic heterocycles. The molecule has 0 atom stereocenters. The van der Waals surface area contributed by atoms with E-state index in [1.54, 1.807) is 7.05 Å². The molecule has 1 aromatic rings. The van der Waals surface area contributed by atoms with Crippen LogP contribution in [0.2, 0.25) is 0 Å². The zero-order valence-corrected chi connectivity index (χ0v) is 10.3. The van der Waals surface area contributed by atoms with Gasteiger partial charge in [0.2, 0.25) is 0 Å². The van der Waals surface area contributed by atoms with Gasteiger partial charge in [0.1, 0.15) is 0 Å². The molecule has 0 amide bonds. The monoisotopic (exact) mass is 220 g/mol. The summed E-state index contributed by atoms with van der Waals surface area (Å²) in [5.74, 6) is 0.144. The Hall–Kier alpha value is -1.35. The number of hydrogen-bond donors (Lipinski definition) is 1. The minimum Gasteiger partial charge on any atom is -0.372 e. The van der Waals surface area contributed by atoms with E-state index in [1.807, 2.05) is 24.3 Å². The molecule has 0 aliphatic heterocycles. The van der Waals surface area contributed by atoms with Crippen LogP contribution in [-0.4, -0.2) is 32.5 Å². The Morgan fingerprint density at radius 2 is 1.88 bits per heavy atom. The molecule has 0 aliphatic rings. The Kier molecular flexibility index (Phi) is 4.99. The van der Waals surface area contributed by atoms with Crippen molar-refractivity contribution in [2.45, 2.75) is 13.8 Å². The van der Waals surface area contributed by atoms with Gasteiger partial charge in [-0.1, -0.05) is 12.1 Å². The number of hydrogen-bond acceptors (Lipinski definition) is 3. The van der Waals surface area contributed by atoms with Gasteiger partial charge in [-0.15, -0.1) is 0 Å². The summed E-state index contributed by atoms with van der Waals surface area (Å²) in [5, 5.41) is 2.90. The van der Waals surface area contributed by atoms with Gasteiger partial charge in [-0.3, -0.25) is 4.79 Å². The molecule has 1 rings (SSSR count). The molecule has 0 bridgehead atoms. The van der Waals surface area contributed by atoms with Crippen LogP contribution in [0.5, 0.6) is 0 Å². The maximum Gasteiger partial charge on any atom is 0.178 e. The molecule has 3 nitrogen and oxygen atoms in total. The number of carbonyl (C=O) groups excluding carboxylic acids is 1. The Labute approximate surface area is 97.5 Å². The van der Waals surface area contributed by atoms with Gasteiger partial charge < -0.3 is 10.2 Å². The molecule has 0 radical (unpaired) electrons. The van der Waals surface area contributed by atoms with Crippen molar-refractivity contribution < 1.29 is 4.79 Å². The van der Waals surface area contributed by atoms with E-state index in [-0.39, 0.29) is 5.78 Å². The second kappa shape index (κ2) is 6.28. The summed E-state index contributed by atoms with van der Waals surface area (Å²) in [6, 6.07) is 7.79. The lowest BCUT2D eigenvalue weighted by molar-refractivity contribution is 0.0994. The van der Waals surface area contributed by atoms with E-state index in [4.69, 9.17) is 0 Å². The molecule has 0 unspecified atom stereocenters. The summed E-state index contributed by atoms with van der Waals surface area (Å²) in [4.78, 5) is 14.1. The van der Waals surface area contributed by atoms with Crippen LogP contribution < -0.4 is 10.2 Å². The predicted molar refractivity (Wildman–Crippen MR) is 68.3 cm³/mol. The van der Waals surface area contributed by atoms with E-state index in [1.165, 1.54) is 0 Å². The van der Waals surface area contributed by atoms with Crippen LogP contribution >= 0.6 is 0 Å². The van der Waals surface area contributed by atoms with Crippen molar-refractivity contribution in [3.8, 4) is 0 Å². The van der Waals surface area contributed by atoms with Crippen LogP contribution in [0.3, 0.4) is 0 Å². The lowest BCUT2D eigenvalue weighted by atomic mass is 10.1. The Morgan fingerprint density at radius 3 is 2.44 bits per heavy atom. The predicted octanol–water partition coefficient (Wildman–Crippen LogP) is 1.93. The highest BCUT2D eigenvalue weighted by molar-refractivity contribution is 6.02. The zero-order chi connectivity index (χ0) is 12.0. The van der Waals surface area contributed by atoms with Crippen LogP contribution in [-0.2, 0) is 0 Å². The fourth-order valence-corrected chi connectivity index (χ4v) is 1.81. The lowest BCUT2D eigenvalue weighted by Crippen LogP contribution is -2.26. The number of carbonyl (C=O) groups is 1. The Morgan fingerprint density at radius 1 is 1.25 bits per heavy atom. The van der Waals surface area contributed by atoms with E-state index in [0.29, 0.717) is 6.54 Å². The third-order valence-corrected chi connectivity index (χ3v) is 2.65. The molecule has 16 heavy (non-hydrogen) atoms. The molecule has 1 aromatic carbocycles. The van der Waals surface area contributed by atoms with Gasteiger partial charge in [0.25, 0.3) is 0 Å². The smallest absolute Gasteiger partial charge is 0.178 e. The molecular weight excluding hydrogens is 200 g/mol. The highest BCUT2D eigenvalue weighted by Gasteiger charge is 2.13. The summed E-state index contributed by atoms with van der Waals surface area (Å²) in [6.07, 6.45) is 0. The molecule has 1 N–H and O–H groups in total. The number of rotatable bonds is 6. The van der Waals surface area contributed by atoms with Gasteiger partial charge in [0, 0.05) is 24.3 Å². The van der Waals surface area contributed by atoms with Crippen molar-refractivity contribution in [1.82, 2.24) is 5.32 Å². The quantitative estimate of drug-likeness (QED) is 0.744. The van der Waals surface area contributed by atoms with Gasteiger partial charge in [0.05, 0.1) is 6.54 Å². The summed E-state index contributed by atoms with van der Waals surface area (Å²) in [7, 11) is 1.79. The summed E-state index contributed by atoms with van der Waals surface area (Å²) in [6.45, 7) is 6.42. The number of anilines is 1. The molecule has 0 spiro atoms. The van der Waals surface area contributed by atoms with Gasteiger partial charge in [0.15, 0.2) is 5.78 Å². The fourth-order valence-electron chi connectivity index (χ4n) is 1.81. The number of Topliss-reactive ketones (excluding diaryl/α,β-unsaturated/α-hetero) is 1. The third kappa shape index (κ3) is 2.83. The Bertz CT molecular complexity index is 346. The number of nitrogens with zero attached hydrogens (tertiary/aromatic N) is 1. The van der Waals surface area contributed by atoms with Crippen LogP contribution in [0.25, 0.3) is 0 Å². The van der Waals surface area contributed by atoms with Gasteiger partial charge in [-0.25, -0.2) is 0 Å². The number of benzene rings is 1. The largest absolute Gasteiger partial charge is 0.372 e. The summed E-state index contributed by atoms with van der Waals surface area (Å²) in [5.41, 5.74) is 1.84. The highest BCUT2D eigenvalue weighted by atomic mass is 16.1. The van der Waals surface area contributed by atoms with E-state index >= 15 is 0 Å². The molecule has 0 aliphatic carbocycles. The first-order valence-electron chi connectivity index (χ1n) is 5.76. The topological polar surface area (TPSA) is 32.3 Å². The molecule has 88 valence electrons. The maximum atomic E-state index is 11.9. The van der Waals surface area contributed by atoms with Gasteiger partial charge in [-0.2, -0.15) is 0 Å². The number of ketones is 1. The normalized spacial score (nSPS) is 10.2. The first-order valence-corrected chi connectivity index (χ1v) is 5.76. The number of para-hydroxylation sites is 1. The molecule has 0 saturated heterocycles. The van der Waals surface area contributed by atoms with Crippen LogP contribution in [0, 0.1) is 0 Å². The minimum atomic E-state index is 0.144. The van der Waals surface area contributed by atoms with E-state index in [9.17, 15) is 4.79 Å². The maximum absolute atomic E-state index is 11.9. The van der Waals surface area contributed by atoms with Crippen LogP contribution in [0.4, 0.5) is 5.69 Å². The van der Waals surface area contributed by atoms with E-state index in [2.05, 4.69) is 24.1 Å². The third-order valence-electron chi connectivity index (χ3n) is 2.65. The lowest BCUT2D eigenvalue weighted by Gasteiger charge is -2.23. The zero-order valence-electron chi connectivity index (χ0n) is 10.3. The Balaban J connectivity index is 3.03. The second-order valence-corrected chi connectivity index (χ2v) is 3.64. The standard InChI is InChI=1S/C13H20N2O/c1-4-15(5-2)12-9-7-6-8-11(12)13(16)10-14-3/h6-9,14H,4-5,10H2,1-3H3. The molecular formula is C13H20N2O.